The largest absolute Gasteiger partial charge is 0.250 e. The van der Waals surface area contributed by atoms with Crippen LogP contribution in [0, 0.1) is 5.92 Å². The van der Waals surface area contributed by atoms with E-state index in [0.29, 0.717) is 12.0 Å². The summed E-state index contributed by atoms with van der Waals surface area (Å²) in [4.78, 5) is 3.20. The molecule has 2 nitrogen and oxygen atoms in total. The summed E-state index contributed by atoms with van der Waals surface area (Å²) >= 11 is 0. The summed E-state index contributed by atoms with van der Waals surface area (Å²) in [6, 6.07) is 11.6. The lowest BCUT2D eigenvalue weighted by Gasteiger charge is -2.24. The number of H-pyrrole nitrogens is 1. The smallest absolute Gasteiger partial charge is 0.241 e. The van der Waals surface area contributed by atoms with E-state index in [1.807, 2.05) is 6.20 Å². The van der Waals surface area contributed by atoms with E-state index in [9.17, 15) is 0 Å². The minimum absolute atomic E-state index is 0.591. The third kappa shape index (κ3) is 5.01. The normalized spacial score (nSPS) is 13.9. The molecule has 0 bridgehead atoms. The van der Waals surface area contributed by atoms with Crippen LogP contribution in [0.3, 0.4) is 0 Å². The molecular weight excluding hydrogens is 268 g/mol. The number of nitrogens with one attached hydrogen (secondary N) is 1. The molecule has 0 saturated heterocycles. The van der Waals surface area contributed by atoms with Gasteiger partial charge in [-0.1, -0.05) is 69.9 Å². The molecule has 1 heterocycles. The Labute approximate surface area is 135 Å². The first-order valence-electron chi connectivity index (χ1n) is 8.92. The number of hydrogen-bond acceptors (Lipinski definition) is 0. The molecule has 1 N–H and O–H groups in total. The van der Waals surface area contributed by atoms with Crippen molar-refractivity contribution in [2.45, 2.75) is 64.8 Å². The lowest BCUT2D eigenvalue weighted by molar-refractivity contribution is -0.729. The predicted octanol–water partition coefficient (Wildman–Crippen LogP) is 5.08. The van der Waals surface area contributed by atoms with Crippen LogP contribution in [0.5, 0.6) is 0 Å². The number of benzene rings is 1. The maximum atomic E-state index is 3.20. The zero-order valence-corrected chi connectivity index (χ0v) is 14.2. The molecule has 0 spiro atoms. The third-order valence-corrected chi connectivity index (χ3v) is 4.68. The molecule has 1 aromatic carbocycles. The van der Waals surface area contributed by atoms with Crippen molar-refractivity contribution in [2.75, 3.05) is 0 Å². The lowest BCUT2D eigenvalue weighted by atomic mass is 9.86. The second-order valence-electron chi connectivity index (χ2n) is 6.33. The summed E-state index contributed by atoms with van der Waals surface area (Å²) in [6.45, 7) is 4.60. The average molecular weight is 299 g/mol. The van der Waals surface area contributed by atoms with Crippen molar-refractivity contribution >= 4 is 0 Å². The molecule has 22 heavy (non-hydrogen) atoms. The van der Waals surface area contributed by atoms with E-state index in [1.54, 1.807) is 0 Å². The first-order valence-corrected chi connectivity index (χ1v) is 8.92. The van der Waals surface area contributed by atoms with Gasteiger partial charge in [0.15, 0.2) is 0 Å². The van der Waals surface area contributed by atoms with Crippen LogP contribution in [0.1, 0.15) is 64.0 Å². The Morgan fingerprint density at radius 2 is 1.86 bits per heavy atom. The zero-order chi connectivity index (χ0) is 15.6. The van der Waals surface area contributed by atoms with Crippen LogP contribution < -0.4 is 4.57 Å². The number of nitrogens with zero attached hydrogens (tertiary/aromatic N) is 1. The molecule has 120 valence electrons. The quantitative estimate of drug-likeness (QED) is 0.466. The van der Waals surface area contributed by atoms with Crippen molar-refractivity contribution in [2.24, 2.45) is 5.92 Å². The summed E-state index contributed by atoms with van der Waals surface area (Å²) < 4.78 is 2.37. The van der Waals surface area contributed by atoms with E-state index in [-0.39, 0.29) is 0 Å². The SMILES string of the molecule is CCCCCCC(Cc1ccccc1)C(CC)[n+]1cc[nH]c1. The van der Waals surface area contributed by atoms with Gasteiger partial charge in [-0.3, -0.25) is 4.98 Å². The van der Waals surface area contributed by atoms with Gasteiger partial charge in [0, 0.05) is 5.92 Å². The second kappa shape index (κ2) is 9.45. The van der Waals surface area contributed by atoms with Gasteiger partial charge in [-0.15, -0.1) is 0 Å². The molecule has 0 aliphatic rings. The number of rotatable bonds is 10. The molecule has 2 unspecified atom stereocenters. The molecule has 0 aliphatic heterocycles. The van der Waals surface area contributed by atoms with E-state index in [2.05, 4.69) is 66.3 Å². The highest BCUT2D eigenvalue weighted by Crippen LogP contribution is 2.26. The topological polar surface area (TPSA) is 19.7 Å². The fraction of sp³-hybridized carbons (Fsp3) is 0.550. The Morgan fingerprint density at radius 1 is 1.05 bits per heavy atom. The number of unbranched alkanes of at least 4 members (excludes halogenated alkanes) is 3. The van der Waals surface area contributed by atoms with Crippen LogP contribution >= 0.6 is 0 Å². The Balaban J connectivity index is 2.05. The van der Waals surface area contributed by atoms with E-state index in [1.165, 1.54) is 50.5 Å². The highest BCUT2D eigenvalue weighted by molar-refractivity contribution is 5.15. The minimum Gasteiger partial charge on any atom is -0.250 e. The van der Waals surface area contributed by atoms with Gasteiger partial charge in [-0.25, -0.2) is 4.57 Å². The van der Waals surface area contributed by atoms with Gasteiger partial charge in [0.2, 0.25) is 6.33 Å². The monoisotopic (exact) mass is 299 g/mol. The van der Waals surface area contributed by atoms with Gasteiger partial charge in [0.1, 0.15) is 18.4 Å². The first-order chi connectivity index (χ1) is 10.8. The van der Waals surface area contributed by atoms with Gasteiger partial charge in [0.05, 0.1) is 0 Å². The van der Waals surface area contributed by atoms with Crippen LogP contribution in [0.15, 0.2) is 49.1 Å². The first kappa shape index (κ1) is 16.8. The summed E-state index contributed by atoms with van der Waals surface area (Å²) in [5.74, 6) is 0.713. The highest BCUT2D eigenvalue weighted by atomic mass is 15.1. The standard InChI is InChI=1S/C20H30N2/c1-3-5-6-10-13-19(16-18-11-8-7-9-12-18)20(4-2)22-15-14-21-17-22/h7-9,11-12,14-15,17,19-20H,3-6,10,13,16H2,1-2H3/p+1. The van der Waals surface area contributed by atoms with E-state index in [0.717, 1.165) is 0 Å². The van der Waals surface area contributed by atoms with Gasteiger partial charge in [-0.05, 0) is 24.8 Å². The molecule has 1 aromatic heterocycles. The summed E-state index contributed by atoms with van der Waals surface area (Å²) in [5.41, 5.74) is 1.47. The van der Waals surface area contributed by atoms with E-state index < -0.39 is 0 Å². The molecular formula is C20H31N2+. The fourth-order valence-electron chi connectivity index (χ4n) is 3.48. The van der Waals surface area contributed by atoms with Crippen molar-refractivity contribution in [3.05, 3.63) is 54.6 Å². The van der Waals surface area contributed by atoms with Gasteiger partial charge >= 0.3 is 0 Å². The number of aromatic nitrogens is 2. The lowest BCUT2D eigenvalue weighted by Crippen LogP contribution is -2.42. The Morgan fingerprint density at radius 3 is 2.50 bits per heavy atom. The Kier molecular flexibility index (Phi) is 7.21. The number of imidazole rings is 1. The number of aromatic amines is 1. The van der Waals surface area contributed by atoms with Crippen molar-refractivity contribution in [3.8, 4) is 0 Å². The van der Waals surface area contributed by atoms with Gasteiger partial charge < -0.3 is 0 Å². The predicted molar refractivity (Wildman–Crippen MR) is 92.7 cm³/mol. The van der Waals surface area contributed by atoms with Crippen molar-refractivity contribution in [1.29, 1.82) is 0 Å². The van der Waals surface area contributed by atoms with Crippen molar-refractivity contribution in [1.82, 2.24) is 4.98 Å². The minimum atomic E-state index is 0.591. The molecule has 0 radical (unpaired) electrons. The van der Waals surface area contributed by atoms with Crippen LogP contribution in [0.25, 0.3) is 0 Å². The molecule has 0 aliphatic carbocycles. The van der Waals surface area contributed by atoms with E-state index in [4.69, 9.17) is 0 Å². The van der Waals surface area contributed by atoms with Crippen LogP contribution in [-0.2, 0) is 6.42 Å². The molecule has 0 amide bonds. The zero-order valence-electron chi connectivity index (χ0n) is 14.2. The van der Waals surface area contributed by atoms with E-state index >= 15 is 0 Å². The van der Waals surface area contributed by atoms with Crippen LogP contribution in [0.2, 0.25) is 0 Å². The maximum Gasteiger partial charge on any atom is 0.241 e. The fourth-order valence-corrected chi connectivity index (χ4v) is 3.48. The van der Waals surface area contributed by atoms with Gasteiger partial charge in [0.25, 0.3) is 0 Å². The summed E-state index contributed by atoms with van der Waals surface area (Å²) in [6.07, 6.45) is 15.4. The third-order valence-electron chi connectivity index (χ3n) is 4.68. The average Bonchev–Trinajstić information content (AvgIpc) is 3.07. The molecule has 2 aromatic rings. The summed E-state index contributed by atoms with van der Waals surface area (Å²) in [5, 5.41) is 0. The molecule has 2 atom stereocenters. The van der Waals surface area contributed by atoms with Crippen molar-refractivity contribution < 1.29 is 4.57 Å². The molecule has 0 saturated carbocycles. The summed E-state index contributed by atoms with van der Waals surface area (Å²) in [7, 11) is 0. The molecule has 0 fully saturated rings. The second-order valence-corrected chi connectivity index (χ2v) is 6.33. The number of hydrogen-bond donors (Lipinski definition) is 1. The highest BCUT2D eigenvalue weighted by Gasteiger charge is 2.25. The van der Waals surface area contributed by atoms with Gasteiger partial charge in [-0.2, -0.15) is 0 Å². The molecule has 2 heteroatoms. The molecule has 2 rings (SSSR count). The Bertz CT molecular complexity index is 490. The van der Waals surface area contributed by atoms with Crippen LogP contribution in [-0.4, -0.2) is 4.98 Å². The van der Waals surface area contributed by atoms with Crippen LogP contribution in [0.4, 0.5) is 0 Å². The van der Waals surface area contributed by atoms with Crippen molar-refractivity contribution in [3.63, 3.8) is 0 Å². The maximum absolute atomic E-state index is 3.20. The Hall–Kier alpha value is -1.57.